The van der Waals surface area contributed by atoms with Gasteiger partial charge in [0.1, 0.15) is 11.6 Å². The maximum Gasteiger partial charge on any atom is 0.310 e. The van der Waals surface area contributed by atoms with Gasteiger partial charge in [-0.05, 0) is 38.0 Å². The average molecular weight is 415 g/mol. The third kappa shape index (κ3) is 6.09. The molecule has 154 valence electrons. The minimum absolute atomic E-state index is 0.0600. The van der Waals surface area contributed by atoms with Crippen LogP contribution < -0.4 is 4.74 Å². The van der Waals surface area contributed by atoms with Gasteiger partial charge in [-0.3, -0.25) is 14.4 Å². The molecule has 0 radical (unpaired) electrons. The first-order chi connectivity index (χ1) is 13.3. The van der Waals surface area contributed by atoms with Gasteiger partial charge in [0.15, 0.2) is 6.61 Å². The number of hydrogen-bond donors (Lipinski definition) is 0. The van der Waals surface area contributed by atoms with Crippen molar-refractivity contribution in [3.63, 3.8) is 0 Å². The van der Waals surface area contributed by atoms with Crippen LogP contribution in [0, 0.1) is 11.7 Å². The fraction of sp³-hybridized carbons (Fsp3) is 0.526. The molecule has 0 bridgehead atoms. The van der Waals surface area contributed by atoms with E-state index in [1.54, 1.807) is 11.8 Å². The van der Waals surface area contributed by atoms with Gasteiger partial charge in [0.2, 0.25) is 5.91 Å². The topological polar surface area (TPSA) is 76.2 Å². The molecule has 1 heterocycles. The van der Waals surface area contributed by atoms with Crippen molar-refractivity contribution in [2.75, 3.05) is 39.9 Å². The number of carbonyl (C=O) groups is 3. The number of rotatable bonds is 7. The summed E-state index contributed by atoms with van der Waals surface area (Å²) in [5, 5.41) is 0.0600. The van der Waals surface area contributed by atoms with Gasteiger partial charge in [0.25, 0.3) is 5.91 Å². The number of piperidine rings is 1. The first-order valence-electron chi connectivity index (χ1n) is 9.08. The SMILES string of the molecule is CCOC(=O)C1CCCN(C(=O)CN(C)C(=O)COc2ccc(F)cc2Cl)C1. The van der Waals surface area contributed by atoms with Crippen LogP contribution >= 0.6 is 11.6 Å². The number of halogens is 2. The molecule has 0 aliphatic carbocycles. The van der Waals surface area contributed by atoms with E-state index in [9.17, 15) is 18.8 Å². The molecule has 0 aromatic heterocycles. The van der Waals surface area contributed by atoms with Crippen LogP contribution in [0.2, 0.25) is 5.02 Å². The van der Waals surface area contributed by atoms with E-state index in [2.05, 4.69) is 0 Å². The number of amides is 2. The van der Waals surface area contributed by atoms with Crippen LogP contribution in [-0.4, -0.2) is 67.5 Å². The molecule has 28 heavy (non-hydrogen) atoms. The van der Waals surface area contributed by atoms with Gasteiger partial charge >= 0.3 is 5.97 Å². The Morgan fingerprint density at radius 1 is 1.36 bits per heavy atom. The normalized spacial score (nSPS) is 16.4. The molecule has 1 saturated heterocycles. The quantitative estimate of drug-likeness (QED) is 0.639. The third-order valence-electron chi connectivity index (χ3n) is 4.44. The lowest BCUT2D eigenvalue weighted by Gasteiger charge is -2.32. The number of nitrogens with zero attached hydrogens (tertiary/aromatic N) is 2. The zero-order chi connectivity index (χ0) is 20.7. The minimum atomic E-state index is -0.506. The second kappa shape index (κ2) is 10.3. The molecule has 7 nitrogen and oxygen atoms in total. The Hall–Kier alpha value is -2.35. The van der Waals surface area contributed by atoms with E-state index in [-0.39, 0.29) is 41.7 Å². The van der Waals surface area contributed by atoms with Crippen LogP contribution in [0.5, 0.6) is 5.75 Å². The first-order valence-corrected chi connectivity index (χ1v) is 9.45. The highest BCUT2D eigenvalue weighted by Gasteiger charge is 2.30. The van der Waals surface area contributed by atoms with Gasteiger partial charge < -0.3 is 19.3 Å². The zero-order valence-corrected chi connectivity index (χ0v) is 16.7. The van der Waals surface area contributed by atoms with Crippen LogP contribution in [0.4, 0.5) is 4.39 Å². The highest BCUT2D eigenvalue weighted by Crippen LogP contribution is 2.24. The Labute approximate surface area is 168 Å². The van der Waals surface area contributed by atoms with Crippen molar-refractivity contribution < 1.29 is 28.2 Å². The van der Waals surface area contributed by atoms with Crippen LogP contribution in [0.3, 0.4) is 0 Å². The predicted octanol–water partition coefficient (Wildman–Crippen LogP) is 2.12. The Kier molecular flexibility index (Phi) is 8.04. The van der Waals surface area contributed by atoms with Crippen LogP contribution in [0.15, 0.2) is 18.2 Å². The third-order valence-corrected chi connectivity index (χ3v) is 4.73. The molecule has 1 aromatic rings. The van der Waals surface area contributed by atoms with E-state index >= 15 is 0 Å². The van der Waals surface area contributed by atoms with E-state index in [4.69, 9.17) is 21.1 Å². The molecule has 0 saturated carbocycles. The minimum Gasteiger partial charge on any atom is -0.482 e. The molecule has 2 amide bonds. The van der Waals surface area contributed by atoms with Crippen molar-refractivity contribution in [1.82, 2.24) is 9.80 Å². The maximum atomic E-state index is 13.0. The number of ether oxygens (including phenoxy) is 2. The van der Waals surface area contributed by atoms with Crippen molar-refractivity contribution in [3.05, 3.63) is 29.0 Å². The maximum absolute atomic E-state index is 13.0. The lowest BCUT2D eigenvalue weighted by molar-refractivity contribution is -0.152. The molecule has 1 fully saturated rings. The first kappa shape index (κ1) is 21.9. The smallest absolute Gasteiger partial charge is 0.310 e. The molecule has 2 rings (SSSR count). The number of likely N-dealkylation sites (N-methyl/N-ethyl adjacent to an activating group) is 1. The summed E-state index contributed by atoms with van der Waals surface area (Å²) in [6.45, 7) is 2.42. The van der Waals surface area contributed by atoms with Crippen molar-refractivity contribution in [2.24, 2.45) is 5.92 Å². The number of esters is 1. The summed E-state index contributed by atoms with van der Waals surface area (Å²) in [6, 6.07) is 3.60. The molecule has 9 heteroatoms. The molecule has 1 aromatic carbocycles. The average Bonchev–Trinajstić information content (AvgIpc) is 2.67. The summed E-state index contributed by atoms with van der Waals surface area (Å²) in [6.07, 6.45) is 1.39. The highest BCUT2D eigenvalue weighted by molar-refractivity contribution is 6.32. The van der Waals surface area contributed by atoms with Crippen LogP contribution in [0.25, 0.3) is 0 Å². The van der Waals surface area contributed by atoms with Crippen molar-refractivity contribution in [3.8, 4) is 5.75 Å². The van der Waals surface area contributed by atoms with Gasteiger partial charge in [-0.25, -0.2) is 4.39 Å². The van der Waals surface area contributed by atoms with Crippen LogP contribution in [-0.2, 0) is 19.1 Å². The Morgan fingerprint density at radius 3 is 2.79 bits per heavy atom. The Bertz CT molecular complexity index is 730. The number of benzene rings is 1. The van der Waals surface area contributed by atoms with Gasteiger partial charge in [-0.2, -0.15) is 0 Å². The summed E-state index contributed by atoms with van der Waals surface area (Å²) in [5.41, 5.74) is 0. The van der Waals surface area contributed by atoms with E-state index in [1.165, 1.54) is 24.1 Å². The molecule has 1 aliphatic rings. The molecule has 0 spiro atoms. The van der Waals surface area contributed by atoms with Crippen LogP contribution in [0.1, 0.15) is 19.8 Å². The lowest BCUT2D eigenvalue weighted by atomic mass is 9.98. The second-order valence-corrected chi connectivity index (χ2v) is 6.95. The Balaban J connectivity index is 1.83. The lowest BCUT2D eigenvalue weighted by Crippen LogP contribution is -2.47. The van der Waals surface area contributed by atoms with E-state index < -0.39 is 11.7 Å². The number of likely N-dealkylation sites (tertiary alicyclic amines) is 1. The molecule has 0 N–H and O–H groups in total. The van der Waals surface area contributed by atoms with Gasteiger partial charge in [-0.15, -0.1) is 0 Å². The van der Waals surface area contributed by atoms with Gasteiger partial charge in [0, 0.05) is 20.1 Å². The predicted molar refractivity (Wildman–Crippen MR) is 100 cm³/mol. The largest absolute Gasteiger partial charge is 0.482 e. The standard InChI is InChI=1S/C19H24ClFN2O5/c1-3-27-19(26)13-5-4-8-23(10-13)17(24)11-22(2)18(25)12-28-16-7-6-14(21)9-15(16)20/h6-7,9,13H,3-5,8,10-12H2,1-2H3. The molecule has 1 atom stereocenters. The Morgan fingerprint density at radius 2 is 2.11 bits per heavy atom. The van der Waals surface area contributed by atoms with Gasteiger partial charge in [0.05, 0.1) is 24.1 Å². The highest BCUT2D eigenvalue weighted by atomic mass is 35.5. The number of carbonyl (C=O) groups excluding carboxylic acids is 3. The van der Waals surface area contributed by atoms with E-state index in [1.807, 2.05) is 0 Å². The molecule has 1 aliphatic heterocycles. The second-order valence-electron chi connectivity index (χ2n) is 6.54. The van der Waals surface area contributed by atoms with Crippen molar-refractivity contribution in [1.29, 1.82) is 0 Å². The van der Waals surface area contributed by atoms with Crippen molar-refractivity contribution >= 4 is 29.4 Å². The van der Waals surface area contributed by atoms with E-state index in [0.717, 1.165) is 6.07 Å². The summed E-state index contributed by atoms with van der Waals surface area (Å²) in [4.78, 5) is 39.4. The zero-order valence-electron chi connectivity index (χ0n) is 16.0. The summed E-state index contributed by atoms with van der Waals surface area (Å²) < 4.78 is 23.4. The molecular weight excluding hydrogens is 391 g/mol. The molecule has 1 unspecified atom stereocenters. The van der Waals surface area contributed by atoms with Crippen molar-refractivity contribution in [2.45, 2.75) is 19.8 Å². The monoisotopic (exact) mass is 414 g/mol. The van der Waals surface area contributed by atoms with Gasteiger partial charge in [-0.1, -0.05) is 11.6 Å². The summed E-state index contributed by atoms with van der Waals surface area (Å²) >= 11 is 5.85. The fourth-order valence-electron chi connectivity index (χ4n) is 2.89. The number of hydrogen-bond acceptors (Lipinski definition) is 5. The summed E-state index contributed by atoms with van der Waals surface area (Å²) in [7, 11) is 1.49. The molecular formula is C19H24ClFN2O5. The fourth-order valence-corrected chi connectivity index (χ4v) is 3.11. The van der Waals surface area contributed by atoms with E-state index in [0.29, 0.717) is 32.5 Å². The summed E-state index contributed by atoms with van der Waals surface area (Å²) in [5.74, 6) is -1.62.